The van der Waals surface area contributed by atoms with Gasteiger partial charge in [0.1, 0.15) is 11.9 Å². The van der Waals surface area contributed by atoms with Crippen LogP contribution in [0.2, 0.25) is 0 Å². The highest BCUT2D eigenvalue weighted by Gasteiger charge is 2.37. The Labute approximate surface area is 184 Å². The van der Waals surface area contributed by atoms with Crippen molar-refractivity contribution in [1.29, 1.82) is 0 Å². The largest absolute Gasteiger partial charge is 0.573 e. The molecule has 4 aliphatic rings. The first-order valence-corrected chi connectivity index (χ1v) is 11.0. The van der Waals surface area contributed by atoms with Gasteiger partial charge in [0.25, 0.3) is 0 Å². The quantitative estimate of drug-likeness (QED) is 0.713. The molecule has 3 aliphatic heterocycles. The van der Waals surface area contributed by atoms with Crippen LogP contribution < -0.4 is 10.1 Å². The van der Waals surface area contributed by atoms with Crippen LogP contribution in [-0.4, -0.2) is 43.1 Å². The number of carbonyl (C=O) groups excluding carboxylic acids is 1. The number of nitrogens with zero attached hydrogens (tertiary/aromatic N) is 1. The SMILES string of the molecule is O=C(NC1CCc2ccc(-c3cccc(OC(F)(F)F)c3)cc21)O[C@H]1CN2CCC1CC2. The molecule has 3 fully saturated rings. The number of piperidine rings is 3. The fourth-order valence-electron chi connectivity index (χ4n) is 5.16. The van der Waals surface area contributed by atoms with E-state index in [-0.39, 0.29) is 17.9 Å². The molecule has 2 aromatic rings. The van der Waals surface area contributed by atoms with Crippen molar-refractivity contribution >= 4 is 6.09 Å². The highest BCUT2D eigenvalue weighted by molar-refractivity contribution is 5.70. The van der Waals surface area contributed by atoms with Gasteiger partial charge in [-0.1, -0.05) is 24.3 Å². The van der Waals surface area contributed by atoms with Crippen LogP contribution in [0.3, 0.4) is 0 Å². The van der Waals surface area contributed by atoms with Gasteiger partial charge in [-0.3, -0.25) is 4.90 Å². The van der Waals surface area contributed by atoms with E-state index < -0.39 is 12.5 Å². The molecule has 1 unspecified atom stereocenters. The molecule has 2 aromatic carbocycles. The van der Waals surface area contributed by atoms with E-state index in [1.807, 2.05) is 18.2 Å². The zero-order chi connectivity index (χ0) is 22.3. The van der Waals surface area contributed by atoms with Gasteiger partial charge in [0, 0.05) is 6.54 Å². The third kappa shape index (κ3) is 4.55. The summed E-state index contributed by atoms with van der Waals surface area (Å²) in [5, 5.41) is 3.01. The molecule has 3 heterocycles. The number of benzene rings is 2. The van der Waals surface area contributed by atoms with Crippen molar-refractivity contribution in [3.05, 3.63) is 53.6 Å². The Morgan fingerprint density at radius 2 is 1.81 bits per heavy atom. The lowest BCUT2D eigenvalue weighted by Crippen LogP contribution is -2.52. The third-order valence-electron chi connectivity index (χ3n) is 6.77. The highest BCUT2D eigenvalue weighted by Crippen LogP contribution is 2.36. The summed E-state index contributed by atoms with van der Waals surface area (Å²) >= 11 is 0. The molecule has 170 valence electrons. The molecule has 0 aromatic heterocycles. The molecule has 5 nitrogen and oxygen atoms in total. The first kappa shape index (κ1) is 21.1. The first-order chi connectivity index (χ1) is 15.3. The number of alkyl halides is 3. The maximum absolute atomic E-state index is 12.6. The number of fused-ring (bicyclic) bond motifs is 4. The van der Waals surface area contributed by atoms with Crippen molar-refractivity contribution in [3.63, 3.8) is 0 Å². The first-order valence-electron chi connectivity index (χ1n) is 11.0. The van der Waals surface area contributed by atoms with Crippen molar-refractivity contribution in [3.8, 4) is 16.9 Å². The van der Waals surface area contributed by atoms with Crippen LogP contribution in [0.15, 0.2) is 42.5 Å². The summed E-state index contributed by atoms with van der Waals surface area (Å²) < 4.78 is 47.5. The van der Waals surface area contributed by atoms with Crippen molar-refractivity contribution in [1.82, 2.24) is 10.2 Å². The standard InChI is InChI=1S/C24H25F3N2O3/c25-24(26,27)32-19-3-1-2-17(12-19)18-5-4-15-6-7-21(20(15)13-18)28-23(30)31-22-14-29-10-8-16(22)9-11-29/h1-5,12-13,16,21-22H,6-11,14H2,(H,28,30)/t21?,22-/m0/s1. The maximum Gasteiger partial charge on any atom is 0.573 e. The predicted octanol–water partition coefficient (Wildman–Crippen LogP) is 5.06. The van der Waals surface area contributed by atoms with Gasteiger partial charge >= 0.3 is 12.5 Å². The maximum atomic E-state index is 12.6. The van der Waals surface area contributed by atoms with Crippen molar-refractivity contribution in [2.45, 2.75) is 44.2 Å². The second-order valence-electron chi connectivity index (χ2n) is 8.81. The molecule has 2 atom stereocenters. The second-order valence-corrected chi connectivity index (χ2v) is 8.81. The number of alkyl carbamates (subject to hydrolysis) is 1. The summed E-state index contributed by atoms with van der Waals surface area (Å²) in [5.74, 6) is 0.186. The number of carbonyl (C=O) groups is 1. The van der Waals surface area contributed by atoms with Gasteiger partial charge in [-0.2, -0.15) is 0 Å². The molecule has 0 saturated carbocycles. The molecular weight excluding hydrogens is 421 g/mol. The molecule has 0 spiro atoms. The predicted molar refractivity (Wildman–Crippen MR) is 112 cm³/mol. The summed E-state index contributed by atoms with van der Waals surface area (Å²) in [4.78, 5) is 14.9. The summed E-state index contributed by atoms with van der Waals surface area (Å²) in [7, 11) is 0. The van der Waals surface area contributed by atoms with Crippen molar-refractivity contribution in [2.24, 2.45) is 5.92 Å². The Balaban J connectivity index is 1.29. The van der Waals surface area contributed by atoms with Crippen LogP contribution in [0.4, 0.5) is 18.0 Å². The second kappa shape index (κ2) is 8.31. The Hall–Kier alpha value is -2.74. The Morgan fingerprint density at radius 1 is 1.03 bits per heavy atom. The van der Waals surface area contributed by atoms with Crippen molar-refractivity contribution in [2.75, 3.05) is 19.6 Å². The summed E-state index contributed by atoms with van der Waals surface area (Å²) in [6.07, 6.45) is -1.44. The van der Waals surface area contributed by atoms with E-state index in [9.17, 15) is 18.0 Å². The smallest absolute Gasteiger partial charge is 0.445 e. The molecule has 1 amide bonds. The van der Waals surface area contributed by atoms with Crippen LogP contribution in [0.5, 0.6) is 5.75 Å². The topological polar surface area (TPSA) is 50.8 Å². The lowest BCUT2D eigenvalue weighted by Gasteiger charge is -2.43. The van der Waals surface area contributed by atoms with Gasteiger partial charge in [-0.25, -0.2) is 4.79 Å². The van der Waals surface area contributed by atoms with E-state index in [1.54, 1.807) is 6.07 Å². The molecule has 32 heavy (non-hydrogen) atoms. The zero-order valence-electron chi connectivity index (χ0n) is 17.5. The van der Waals surface area contributed by atoms with Crippen molar-refractivity contribution < 1.29 is 27.4 Å². The van der Waals surface area contributed by atoms with E-state index >= 15 is 0 Å². The number of ether oxygens (including phenoxy) is 2. The van der Waals surface area contributed by atoms with Gasteiger partial charge in [-0.15, -0.1) is 13.2 Å². The minimum atomic E-state index is -4.74. The Bertz CT molecular complexity index is 1000. The lowest BCUT2D eigenvalue weighted by atomic mass is 9.86. The summed E-state index contributed by atoms with van der Waals surface area (Å²) in [6, 6.07) is 11.5. The van der Waals surface area contributed by atoms with Gasteiger partial charge < -0.3 is 14.8 Å². The van der Waals surface area contributed by atoms with E-state index in [4.69, 9.17) is 4.74 Å². The van der Waals surface area contributed by atoms with Crippen LogP contribution >= 0.6 is 0 Å². The van der Waals surface area contributed by atoms with Crippen LogP contribution in [0.1, 0.15) is 36.4 Å². The van der Waals surface area contributed by atoms with Gasteiger partial charge in [0.15, 0.2) is 0 Å². The molecular formula is C24H25F3N2O3. The molecule has 0 radical (unpaired) electrons. The number of hydrogen-bond donors (Lipinski definition) is 1. The lowest BCUT2D eigenvalue weighted by molar-refractivity contribution is -0.274. The average Bonchev–Trinajstić information content (AvgIpc) is 3.15. The van der Waals surface area contributed by atoms with Gasteiger partial charge in [-0.05, 0) is 85.1 Å². The number of nitrogens with one attached hydrogen (secondary N) is 1. The van der Waals surface area contributed by atoms with Crippen LogP contribution in [-0.2, 0) is 11.2 Å². The number of hydrogen-bond acceptors (Lipinski definition) is 4. The van der Waals surface area contributed by atoms with Gasteiger partial charge in [0.05, 0.1) is 6.04 Å². The normalized spacial score (nSPS) is 26.5. The number of halogens is 3. The fraction of sp³-hybridized carbons (Fsp3) is 0.458. The van der Waals surface area contributed by atoms with Crippen LogP contribution in [0, 0.1) is 5.92 Å². The van der Waals surface area contributed by atoms with Gasteiger partial charge in [0.2, 0.25) is 0 Å². The number of aryl methyl sites for hydroxylation is 1. The minimum Gasteiger partial charge on any atom is -0.445 e. The number of rotatable bonds is 4. The van der Waals surface area contributed by atoms with E-state index in [0.717, 1.165) is 62.0 Å². The van der Waals surface area contributed by atoms with E-state index in [1.165, 1.54) is 18.2 Å². The van der Waals surface area contributed by atoms with Crippen LogP contribution in [0.25, 0.3) is 11.1 Å². The minimum absolute atomic E-state index is 0.0546. The Kier molecular flexibility index (Phi) is 5.49. The monoisotopic (exact) mass is 446 g/mol. The zero-order valence-corrected chi connectivity index (χ0v) is 17.5. The molecule has 2 bridgehead atoms. The molecule has 3 saturated heterocycles. The average molecular weight is 446 g/mol. The summed E-state index contributed by atoms with van der Waals surface area (Å²) in [6.45, 7) is 2.97. The fourth-order valence-corrected chi connectivity index (χ4v) is 5.16. The van der Waals surface area contributed by atoms with E-state index in [2.05, 4.69) is 15.0 Å². The molecule has 8 heteroatoms. The molecule has 1 N–H and O–H groups in total. The Morgan fingerprint density at radius 3 is 2.53 bits per heavy atom. The summed E-state index contributed by atoms with van der Waals surface area (Å²) in [5.41, 5.74) is 3.51. The molecule has 1 aliphatic carbocycles. The molecule has 6 rings (SSSR count). The highest BCUT2D eigenvalue weighted by atomic mass is 19.4. The third-order valence-corrected chi connectivity index (χ3v) is 6.77. The van der Waals surface area contributed by atoms with E-state index in [0.29, 0.717) is 11.5 Å². The number of amides is 1.